The van der Waals surface area contributed by atoms with Crippen LogP contribution in [0.25, 0.3) is 0 Å². The first kappa shape index (κ1) is 23.7. The molecule has 0 atom stereocenters. The Morgan fingerprint density at radius 1 is 0.667 bits per heavy atom. The van der Waals surface area contributed by atoms with Crippen LogP contribution in [-0.4, -0.2) is 9.97 Å². The standard InChI is InChI=1S/C6H8N2.3C2H6.CH4/c1-5-6(2)8-4-3-7-5;3*1-2;/h3-4H,1-2H3;3*1-2H3;1H4. The summed E-state index contributed by atoms with van der Waals surface area (Å²) in [4.78, 5) is 8.03. The van der Waals surface area contributed by atoms with Gasteiger partial charge in [-0.3, -0.25) is 9.97 Å². The molecule has 0 aliphatic heterocycles. The van der Waals surface area contributed by atoms with Crippen molar-refractivity contribution in [1.29, 1.82) is 0 Å². The fraction of sp³-hybridized carbons (Fsp3) is 0.692. The number of aryl methyl sites for hydroxylation is 2. The first-order chi connectivity index (χ1) is 6.80. The van der Waals surface area contributed by atoms with Crippen LogP contribution in [0.4, 0.5) is 0 Å². The molecular formula is C13H30N2. The Hall–Kier alpha value is -0.920. The SMILES string of the molecule is C.CC.CC.CC.Cc1nccnc1C. The van der Waals surface area contributed by atoms with Crippen molar-refractivity contribution >= 4 is 0 Å². The summed E-state index contributed by atoms with van der Waals surface area (Å²) in [5.74, 6) is 0. The highest BCUT2D eigenvalue weighted by atomic mass is 14.8. The van der Waals surface area contributed by atoms with Gasteiger partial charge in [-0.05, 0) is 13.8 Å². The molecule has 0 saturated heterocycles. The molecule has 2 heteroatoms. The maximum Gasteiger partial charge on any atom is 0.0584 e. The van der Waals surface area contributed by atoms with Gasteiger partial charge in [0.2, 0.25) is 0 Å². The average molecular weight is 214 g/mol. The van der Waals surface area contributed by atoms with E-state index in [0.29, 0.717) is 0 Å². The van der Waals surface area contributed by atoms with Crippen molar-refractivity contribution in [3.63, 3.8) is 0 Å². The van der Waals surface area contributed by atoms with Crippen molar-refractivity contribution in [2.24, 2.45) is 0 Å². The van der Waals surface area contributed by atoms with E-state index in [0.717, 1.165) is 11.4 Å². The lowest BCUT2D eigenvalue weighted by Crippen LogP contribution is -1.87. The zero-order chi connectivity index (χ0) is 12.0. The monoisotopic (exact) mass is 214 g/mol. The van der Waals surface area contributed by atoms with Crippen molar-refractivity contribution in [3.05, 3.63) is 23.8 Å². The van der Waals surface area contributed by atoms with Gasteiger partial charge in [0, 0.05) is 12.4 Å². The molecule has 1 aromatic rings. The molecule has 92 valence electrons. The summed E-state index contributed by atoms with van der Waals surface area (Å²) >= 11 is 0. The van der Waals surface area contributed by atoms with Gasteiger partial charge in [0.25, 0.3) is 0 Å². The number of aromatic nitrogens is 2. The summed E-state index contributed by atoms with van der Waals surface area (Å²) in [5, 5.41) is 0. The molecular weight excluding hydrogens is 184 g/mol. The van der Waals surface area contributed by atoms with E-state index in [4.69, 9.17) is 0 Å². The van der Waals surface area contributed by atoms with Crippen LogP contribution in [0.1, 0.15) is 60.4 Å². The van der Waals surface area contributed by atoms with Gasteiger partial charge >= 0.3 is 0 Å². The van der Waals surface area contributed by atoms with E-state index >= 15 is 0 Å². The second-order valence-electron chi connectivity index (χ2n) is 1.73. The minimum atomic E-state index is 0. The van der Waals surface area contributed by atoms with Crippen LogP contribution in [0.5, 0.6) is 0 Å². The highest BCUT2D eigenvalue weighted by Crippen LogP contribution is 1.93. The maximum absolute atomic E-state index is 4.02. The Kier molecular flexibility index (Phi) is 36.6. The number of hydrogen-bond acceptors (Lipinski definition) is 2. The van der Waals surface area contributed by atoms with E-state index < -0.39 is 0 Å². The van der Waals surface area contributed by atoms with E-state index in [2.05, 4.69) is 9.97 Å². The normalized spacial score (nSPS) is 6.13. The molecule has 0 unspecified atom stereocenters. The largest absolute Gasteiger partial charge is 0.258 e. The molecule has 0 bridgehead atoms. The van der Waals surface area contributed by atoms with Gasteiger partial charge in [-0.2, -0.15) is 0 Å². The summed E-state index contributed by atoms with van der Waals surface area (Å²) in [6.07, 6.45) is 3.39. The summed E-state index contributed by atoms with van der Waals surface area (Å²) in [7, 11) is 0. The van der Waals surface area contributed by atoms with Crippen LogP contribution >= 0.6 is 0 Å². The van der Waals surface area contributed by atoms with Crippen molar-refractivity contribution in [1.82, 2.24) is 9.97 Å². The van der Waals surface area contributed by atoms with Crippen LogP contribution in [0.2, 0.25) is 0 Å². The fourth-order valence-electron chi connectivity index (χ4n) is 0.477. The molecule has 0 saturated carbocycles. The minimum absolute atomic E-state index is 0. The lowest BCUT2D eigenvalue weighted by molar-refractivity contribution is 1.05. The number of hydrogen-bond donors (Lipinski definition) is 0. The Labute approximate surface area is 97.2 Å². The van der Waals surface area contributed by atoms with Crippen molar-refractivity contribution < 1.29 is 0 Å². The number of nitrogens with zero attached hydrogens (tertiary/aromatic N) is 2. The molecule has 0 amide bonds. The summed E-state index contributed by atoms with van der Waals surface area (Å²) in [5.41, 5.74) is 2.01. The third kappa shape index (κ3) is 15.8. The predicted octanol–water partition coefficient (Wildman–Crippen LogP) is 4.81. The van der Waals surface area contributed by atoms with Gasteiger partial charge in [0.05, 0.1) is 11.4 Å². The van der Waals surface area contributed by atoms with Gasteiger partial charge in [-0.1, -0.05) is 49.0 Å². The van der Waals surface area contributed by atoms with E-state index in [1.807, 2.05) is 55.4 Å². The molecule has 0 N–H and O–H groups in total. The molecule has 0 radical (unpaired) electrons. The molecule has 1 heterocycles. The Morgan fingerprint density at radius 3 is 1.00 bits per heavy atom. The third-order valence-electron chi connectivity index (χ3n) is 1.13. The third-order valence-corrected chi connectivity index (χ3v) is 1.13. The second kappa shape index (κ2) is 23.2. The molecule has 2 nitrogen and oxygen atoms in total. The van der Waals surface area contributed by atoms with Gasteiger partial charge in [-0.15, -0.1) is 0 Å². The average Bonchev–Trinajstić information content (AvgIpc) is 2.31. The molecule has 0 aliphatic carbocycles. The van der Waals surface area contributed by atoms with Gasteiger partial charge < -0.3 is 0 Å². The first-order valence-electron chi connectivity index (χ1n) is 5.55. The Bertz CT molecular complexity index is 165. The van der Waals surface area contributed by atoms with Crippen molar-refractivity contribution in [2.45, 2.75) is 62.8 Å². The van der Waals surface area contributed by atoms with Crippen LogP contribution in [0.15, 0.2) is 12.4 Å². The number of rotatable bonds is 0. The lowest BCUT2D eigenvalue weighted by Gasteiger charge is -1.91. The first-order valence-corrected chi connectivity index (χ1v) is 5.55. The summed E-state index contributed by atoms with van der Waals surface area (Å²) in [6, 6.07) is 0. The van der Waals surface area contributed by atoms with E-state index in [1.165, 1.54) is 0 Å². The van der Waals surface area contributed by atoms with E-state index in [9.17, 15) is 0 Å². The van der Waals surface area contributed by atoms with Gasteiger partial charge in [0.1, 0.15) is 0 Å². The lowest BCUT2D eigenvalue weighted by atomic mass is 10.4. The second-order valence-corrected chi connectivity index (χ2v) is 1.73. The Morgan fingerprint density at radius 2 is 0.867 bits per heavy atom. The molecule has 0 spiro atoms. The highest BCUT2D eigenvalue weighted by Gasteiger charge is 1.87. The topological polar surface area (TPSA) is 25.8 Å². The van der Waals surface area contributed by atoms with Gasteiger partial charge in [-0.25, -0.2) is 0 Å². The molecule has 0 fully saturated rings. The molecule has 0 aromatic carbocycles. The zero-order valence-electron chi connectivity index (χ0n) is 11.0. The molecule has 1 rings (SSSR count). The molecule has 0 aliphatic rings. The zero-order valence-corrected chi connectivity index (χ0v) is 11.0. The van der Waals surface area contributed by atoms with Crippen LogP contribution < -0.4 is 0 Å². The summed E-state index contributed by atoms with van der Waals surface area (Å²) in [6.45, 7) is 15.9. The molecule has 1 aromatic heterocycles. The maximum atomic E-state index is 4.02. The minimum Gasteiger partial charge on any atom is -0.258 e. The predicted molar refractivity (Wildman–Crippen MR) is 72.3 cm³/mol. The van der Waals surface area contributed by atoms with Crippen LogP contribution in [-0.2, 0) is 0 Å². The quantitative estimate of drug-likeness (QED) is 0.619. The van der Waals surface area contributed by atoms with Gasteiger partial charge in [0.15, 0.2) is 0 Å². The fourth-order valence-corrected chi connectivity index (χ4v) is 0.477. The van der Waals surface area contributed by atoms with E-state index in [1.54, 1.807) is 12.4 Å². The van der Waals surface area contributed by atoms with E-state index in [-0.39, 0.29) is 7.43 Å². The smallest absolute Gasteiger partial charge is 0.0584 e. The molecule has 15 heavy (non-hydrogen) atoms. The Balaban J connectivity index is -0.0000000755. The van der Waals surface area contributed by atoms with Crippen LogP contribution in [0, 0.1) is 13.8 Å². The van der Waals surface area contributed by atoms with Crippen LogP contribution in [0.3, 0.4) is 0 Å². The van der Waals surface area contributed by atoms with Crippen molar-refractivity contribution in [2.75, 3.05) is 0 Å². The summed E-state index contributed by atoms with van der Waals surface area (Å²) < 4.78 is 0. The van der Waals surface area contributed by atoms with Crippen molar-refractivity contribution in [3.8, 4) is 0 Å². The highest BCUT2D eigenvalue weighted by molar-refractivity contribution is 5.04.